The zero-order valence-electron chi connectivity index (χ0n) is 17.9. The Bertz CT molecular complexity index is 1410. The van der Waals surface area contributed by atoms with Crippen molar-refractivity contribution in [2.45, 2.75) is 32.3 Å². The van der Waals surface area contributed by atoms with Crippen molar-refractivity contribution in [2.75, 3.05) is 5.75 Å². The standard InChI is InChI=1S/C24H22N2O4S2/c1-4-17-14(3)32-22-21(17)23(30)26(15-7-5-6-13(2)10-15)24(25-22)31-12-20(29)18-9-8-16(27)11-19(18)28/h5-11,27-28H,4,12H2,1-3H3. The van der Waals surface area contributed by atoms with Gasteiger partial charge in [-0.05, 0) is 55.7 Å². The number of carbonyl (C=O) groups is 1. The van der Waals surface area contributed by atoms with Gasteiger partial charge in [0, 0.05) is 10.9 Å². The first-order chi connectivity index (χ1) is 15.3. The number of phenolic OH excluding ortho intramolecular Hbond substituents is 2. The second kappa shape index (κ2) is 8.80. The molecule has 2 aromatic heterocycles. The number of carbonyl (C=O) groups excluding carboxylic acids is 1. The molecule has 6 nitrogen and oxygen atoms in total. The minimum atomic E-state index is -0.325. The van der Waals surface area contributed by atoms with Crippen molar-refractivity contribution < 1.29 is 15.0 Å². The number of fused-ring (bicyclic) bond motifs is 1. The van der Waals surface area contributed by atoms with Crippen LogP contribution in [0.5, 0.6) is 11.5 Å². The van der Waals surface area contributed by atoms with E-state index < -0.39 is 0 Å². The van der Waals surface area contributed by atoms with E-state index in [0.29, 0.717) is 21.1 Å². The van der Waals surface area contributed by atoms with Gasteiger partial charge in [-0.3, -0.25) is 14.2 Å². The van der Waals surface area contributed by atoms with Crippen LogP contribution in [0.2, 0.25) is 0 Å². The SMILES string of the molecule is CCc1c(C)sc2nc(SCC(=O)c3ccc(O)cc3O)n(-c3cccc(C)c3)c(=O)c12. The summed E-state index contributed by atoms with van der Waals surface area (Å²) in [5.74, 6) is -0.745. The first-order valence-corrected chi connectivity index (χ1v) is 11.9. The fourth-order valence-electron chi connectivity index (χ4n) is 3.68. The van der Waals surface area contributed by atoms with Gasteiger partial charge in [0.05, 0.1) is 22.4 Å². The maximum atomic E-state index is 13.6. The van der Waals surface area contributed by atoms with Gasteiger partial charge in [-0.1, -0.05) is 30.8 Å². The number of Topliss-reactive ketones (excluding diaryl/α,β-unsaturated/α-hetero) is 1. The summed E-state index contributed by atoms with van der Waals surface area (Å²) in [7, 11) is 0. The summed E-state index contributed by atoms with van der Waals surface area (Å²) in [6.45, 7) is 5.97. The monoisotopic (exact) mass is 466 g/mol. The number of rotatable bonds is 6. The normalized spacial score (nSPS) is 11.2. The van der Waals surface area contributed by atoms with Crippen LogP contribution in [0, 0.1) is 13.8 Å². The number of aromatic nitrogens is 2. The molecule has 4 rings (SSSR count). The number of ketones is 1. The third-order valence-corrected chi connectivity index (χ3v) is 7.20. The molecule has 0 unspecified atom stereocenters. The second-order valence-electron chi connectivity index (χ2n) is 7.46. The number of hydrogen-bond acceptors (Lipinski definition) is 7. The molecule has 0 saturated carbocycles. The lowest BCUT2D eigenvalue weighted by Gasteiger charge is -2.13. The maximum Gasteiger partial charge on any atom is 0.267 e. The minimum absolute atomic E-state index is 0.0207. The summed E-state index contributed by atoms with van der Waals surface area (Å²) in [6, 6.07) is 11.5. The summed E-state index contributed by atoms with van der Waals surface area (Å²) >= 11 is 2.63. The summed E-state index contributed by atoms with van der Waals surface area (Å²) in [4.78, 5) is 32.8. The van der Waals surface area contributed by atoms with Gasteiger partial charge in [-0.25, -0.2) is 4.98 Å². The molecule has 0 aliphatic carbocycles. The molecule has 0 fully saturated rings. The van der Waals surface area contributed by atoms with E-state index >= 15 is 0 Å². The van der Waals surface area contributed by atoms with Gasteiger partial charge in [0.1, 0.15) is 16.3 Å². The number of benzene rings is 2. The van der Waals surface area contributed by atoms with Gasteiger partial charge < -0.3 is 10.2 Å². The summed E-state index contributed by atoms with van der Waals surface area (Å²) < 4.78 is 1.56. The molecule has 4 aromatic rings. The van der Waals surface area contributed by atoms with Gasteiger partial charge in [0.2, 0.25) is 0 Å². The second-order valence-corrected chi connectivity index (χ2v) is 9.60. The van der Waals surface area contributed by atoms with Crippen molar-refractivity contribution in [2.24, 2.45) is 0 Å². The van der Waals surface area contributed by atoms with E-state index in [0.717, 1.165) is 40.3 Å². The number of thiophene rings is 1. The molecule has 0 aliphatic heterocycles. The molecule has 164 valence electrons. The van der Waals surface area contributed by atoms with Crippen molar-refractivity contribution in [3.8, 4) is 17.2 Å². The van der Waals surface area contributed by atoms with Crippen LogP contribution in [-0.4, -0.2) is 31.3 Å². The van der Waals surface area contributed by atoms with E-state index in [-0.39, 0.29) is 34.2 Å². The Kier molecular flexibility index (Phi) is 6.08. The van der Waals surface area contributed by atoms with Gasteiger partial charge in [0.15, 0.2) is 10.9 Å². The lowest BCUT2D eigenvalue weighted by atomic mass is 10.1. The van der Waals surface area contributed by atoms with Crippen LogP contribution >= 0.6 is 23.1 Å². The fraction of sp³-hybridized carbons (Fsp3) is 0.208. The smallest absolute Gasteiger partial charge is 0.267 e. The highest BCUT2D eigenvalue weighted by Gasteiger charge is 2.21. The average Bonchev–Trinajstić information content (AvgIpc) is 3.07. The Morgan fingerprint density at radius 3 is 2.62 bits per heavy atom. The van der Waals surface area contributed by atoms with Crippen LogP contribution in [0.1, 0.15) is 33.3 Å². The van der Waals surface area contributed by atoms with E-state index in [2.05, 4.69) is 0 Å². The summed E-state index contributed by atoms with van der Waals surface area (Å²) in [5, 5.41) is 20.5. The molecule has 0 saturated heterocycles. The maximum absolute atomic E-state index is 13.6. The van der Waals surface area contributed by atoms with Gasteiger partial charge in [-0.2, -0.15) is 0 Å². The van der Waals surface area contributed by atoms with Crippen LogP contribution in [0.25, 0.3) is 15.9 Å². The molecule has 0 radical (unpaired) electrons. The van der Waals surface area contributed by atoms with Crippen molar-refractivity contribution >= 4 is 39.1 Å². The predicted octanol–water partition coefficient (Wildman–Crippen LogP) is 5.01. The number of nitrogens with zero attached hydrogens (tertiary/aromatic N) is 2. The van der Waals surface area contributed by atoms with E-state index in [1.54, 1.807) is 4.57 Å². The lowest BCUT2D eigenvalue weighted by molar-refractivity contribution is 0.102. The molecule has 32 heavy (non-hydrogen) atoms. The minimum Gasteiger partial charge on any atom is -0.508 e. The Balaban J connectivity index is 1.81. The number of thioether (sulfide) groups is 1. The van der Waals surface area contributed by atoms with E-state index in [1.165, 1.54) is 23.5 Å². The molecule has 0 spiro atoms. The van der Waals surface area contributed by atoms with E-state index in [4.69, 9.17) is 4.98 Å². The van der Waals surface area contributed by atoms with Crippen LogP contribution < -0.4 is 5.56 Å². The fourth-order valence-corrected chi connectivity index (χ4v) is 5.73. The Labute approximate surface area is 193 Å². The average molecular weight is 467 g/mol. The molecule has 8 heteroatoms. The molecular weight excluding hydrogens is 444 g/mol. The Hall–Kier alpha value is -3.10. The predicted molar refractivity (Wildman–Crippen MR) is 129 cm³/mol. The van der Waals surface area contributed by atoms with Crippen molar-refractivity contribution in [1.29, 1.82) is 0 Å². The largest absolute Gasteiger partial charge is 0.508 e. The molecule has 0 atom stereocenters. The first kappa shape index (κ1) is 22.1. The highest BCUT2D eigenvalue weighted by molar-refractivity contribution is 7.99. The zero-order valence-corrected chi connectivity index (χ0v) is 19.5. The topological polar surface area (TPSA) is 92.4 Å². The quantitative estimate of drug-likeness (QED) is 0.236. The molecule has 0 aliphatic rings. The number of aromatic hydroxyl groups is 2. The van der Waals surface area contributed by atoms with E-state index in [1.807, 2.05) is 45.0 Å². The lowest BCUT2D eigenvalue weighted by Crippen LogP contribution is -2.22. The number of aryl methyl sites for hydroxylation is 3. The molecule has 0 amide bonds. The molecule has 2 N–H and O–H groups in total. The number of phenols is 2. The highest BCUT2D eigenvalue weighted by atomic mass is 32.2. The van der Waals surface area contributed by atoms with Gasteiger partial charge in [0.25, 0.3) is 5.56 Å². The summed E-state index contributed by atoms with van der Waals surface area (Å²) in [5.41, 5.74) is 2.67. The first-order valence-electron chi connectivity index (χ1n) is 10.1. The number of hydrogen-bond donors (Lipinski definition) is 2. The third kappa shape index (κ3) is 4.03. The molecule has 2 aromatic carbocycles. The van der Waals surface area contributed by atoms with Crippen LogP contribution in [0.4, 0.5) is 0 Å². The van der Waals surface area contributed by atoms with Crippen LogP contribution in [0.15, 0.2) is 52.4 Å². The Morgan fingerprint density at radius 2 is 1.94 bits per heavy atom. The van der Waals surface area contributed by atoms with Crippen LogP contribution in [-0.2, 0) is 6.42 Å². The van der Waals surface area contributed by atoms with Crippen LogP contribution in [0.3, 0.4) is 0 Å². The molecule has 2 heterocycles. The molecular formula is C24H22N2O4S2. The Morgan fingerprint density at radius 1 is 1.16 bits per heavy atom. The van der Waals surface area contributed by atoms with Crippen molar-refractivity contribution in [3.05, 3.63) is 74.4 Å². The summed E-state index contributed by atoms with van der Waals surface area (Å²) in [6.07, 6.45) is 0.738. The van der Waals surface area contributed by atoms with Gasteiger partial charge >= 0.3 is 0 Å². The van der Waals surface area contributed by atoms with Crippen molar-refractivity contribution in [1.82, 2.24) is 9.55 Å². The highest BCUT2D eigenvalue weighted by Crippen LogP contribution is 2.31. The third-order valence-electron chi connectivity index (χ3n) is 5.22. The zero-order chi connectivity index (χ0) is 23.0. The van der Waals surface area contributed by atoms with Crippen molar-refractivity contribution in [3.63, 3.8) is 0 Å². The van der Waals surface area contributed by atoms with E-state index in [9.17, 15) is 19.8 Å². The molecule has 0 bridgehead atoms. The van der Waals surface area contributed by atoms with Gasteiger partial charge in [-0.15, -0.1) is 11.3 Å².